The molecule has 5 rings (SSSR count). The highest BCUT2D eigenvalue weighted by Gasteiger charge is 2.25. The van der Waals surface area contributed by atoms with Crippen molar-refractivity contribution in [3.05, 3.63) is 28.4 Å². The number of nitrogens with two attached hydrogens (primary N) is 1. The van der Waals surface area contributed by atoms with Crippen LogP contribution in [0.5, 0.6) is 0 Å². The minimum absolute atomic E-state index is 0.291. The zero-order chi connectivity index (χ0) is 19.1. The first-order valence-electron chi connectivity index (χ1n) is 9.85. The predicted molar refractivity (Wildman–Crippen MR) is 107 cm³/mol. The molecule has 3 aromatic heterocycles. The van der Waals surface area contributed by atoms with E-state index in [4.69, 9.17) is 15.2 Å². The van der Waals surface area contributed by atoms with E-state index in [1.165, 1.54) is 36.2 Å². The normalized spacial score (nSPS) is 16.9. The molecule has 8 nitrogen and oxygen atoms in total. The lowest BCUT2D eigenvalue weighted by molar-refractivity contribution is -0.759. The molecule has 146 valence electrons. The van der Waals surface area contributed by atoms with Gasteiger partial charge in [-0.2, -0.15) is 5.01 Å². The number of hydrogen-bond donors (Lipinski definition) is 2. The van der Waals surface area contributed by atoms with Gasteiger partial charge in [0.2, 0.25) is 5.27 Å². The molecule has 1 aliphatic heterocycles. The number of anilines is 2. The Morgan fingerprint density at radius 3 is 2.89 bits per heavy atom. The summed E-state index contributed by atoms with van der Waals surface area (Å²) in [4.78, 5) is 20.5. The van der Waals surface area contributed by atoms with E-state index in [9.17, 15) is 4.79 Å². The Labute approximate surface area is 166 Å². The first kappa shape index (κ1) is 17.4. The lowest BCUT2D eigenvalue weighted by atomic mass is 9.95. The molecule has 1 aliphatic carbocycles. The van der Waals surface area contributed by atoms with Crippen molar-refractivity contribution in [1.82, 2.24) is 10.3 Å². The molecular weight excluding hydrogens is 376 g/mol. The molecule has 2 aliphatic rings. The van der Waals surface area contributed by atoms with Crippen LogP contribution in [0, 0.1) is 0 Å². The summed E-state index contributed by atoms with van der Waals surface area (Å²) in [5, 5.41) is 9.77. The fraction of sp³-hybridized carbons (Fsp3) is 0.474. The second kappa shape index (κ2) is 7.05. The number of fused-ring (bicyclic) bond motifs is 2. The van der Waals surface area contributed by atoms with Crippen LogP contribution in [0.3, 0.4) is 0 Å². The Morgan fingerprint density at radius 1 is 1.21 bits per heavy atom. The van der Waals surface area contributed by atoms with Gasteiger partial charge in [0.25, 0.3) is 12.1 Å². The fourth-order valence-electron chi connectivity index (χ4n) is 4.01. The van der Waals surface area contributed by atoms with Gasteiger partial charge in [-0.25, -0.2) is 4.98 Å². The molecule has 0 saturated carbocycles. The number of amides is 1. The maximum Gasteiger partial charge on any atom is 0.306 e. The molecular formula is C19H23N6O2S+. The van der Waals surface area contributed by atoms with Gasteiger partial charge in [-0.15, -0.1) is 11.3 Å². The summed E-state index contributed by atoms with van der Waals surface area (Å²) >= 11 is 1.33. The minimum atomic E-state index is -0.291. The van der Waals surface area contributed by atoms with Crippen LogP contribution in [0.4, 0.5) is 11.6 Å². The molecule has 9 heteroatoms. The van der Waals surface area contributed by atoms with Gasteiger partial charge in [0, 0.05) is 11.1 Å². The molecule has 1 saturated heterocycles. The van der Waals surface area contributed by atoms with Gasteiger partial charge in [-0.05, 0) is 56.6 Å². The van der Waals surface area contributed by atoms with Crippen LogP contribution in [0.2, 0.25) is 0 Å². The topological polar surface area (TPSA) is 101 Å². The van der Waals surface area contributed by atoms with E-state index in [1.54, 1.807) is 11.0 Å². The number of piperidine rings is 1. The van der Waals surface area contributed by atoms with Crippen LogP contribution in [0.25, 0.3) is 10.2 Å². The summed E-state index contributed by atoms with van der Waals surface area (Å²) in [5.74, 6) is 0.0140. The van der Waals surface area contributed by atoms with Gasteiger partial charge in [0.15, 0.2) is 0 Å². The quantitative estimate of drug-likeness (QED) is 0.656. The first-order chi connectivity index (χ1) is 13.7. The predicted octanol–water partition coefficient (Wildman–Crippen LogP) is 2.41. The van der Waals surface area contributed by atoms with Crippen molar-refractivity contribution < 1.29 is 14.1 Å². The number of hydrogen-bond acceptors (Lipinski definition) is 7. The fourth-order valence-corrected chi connectivity index (χ4v) is 5.00. The third kappa shape index (κ3) is 3.09. The summed E-state index contributed by atoms with van der Waals surface area (Å²) in [6.07, 6.45) is 9.59. The van der Waals surface area contributed by atoms with Crippen molar-refractivity contribution in [3.63, 3.8) is 0 Å². The number of carbonyl (C=O) groups excluding carboxylic acids is 1. The second-order valence-corrected chi connectivity index (χ2v) is 8.45. The number of nitrogens with one attached hydrogen (secondary N) is 1. The lowest BCUT2D eigenvalue weighted by Gasteiger charge is -2.17. The monoisotopic (exact) mass is 399 g/mol. The van der Waals surface area contributed by atoms with Crippen LogP contribution in [0.15, 0.2) is 16.8 Å². The van der Waals surface area contributed by atoms with Crippen molar-refractivity contribution in [2.75, 3.05) is 29.1 Å². The molecule has 3 N–H and O–H groups in total. The van der Waals surface area contributed by atoms with E-state index < -0.39 is 0 Å². The standard InChI is InChI=1S/C19H22N6O2S/c20-16-13-10-12-6-2-3-7-14(12)21-19(13)28-17(16)18(26)22-15-11-25(23-27-15)24-8-4-1-5-9-24/h10-11H,1-9H2,(H2-,20,22,23,26)/p+1. The van der Waals surface area contributed by atoms with Crippen molar-refractivity contribution in [3.8, 4) is 0 Å². The zero-order valence-electron chi connectivity index (χ0n) is 15.6. The summed E-state index contributed by atoms with van der Waals surface area (Å²) in [6.45, 7) is 1.87. The molecule has 28 heavy (non-hydrogen) atoms. The van der Waals surface area contributed by atoms with Gasteiger partial charge in [-0.3, -0.25) is 14.6 Å². The number of aromatic nitrogens is 3. The molecule has 0 bridgehead atoms. The van der Waals surface area contributed by atoms with Gasteiger partial charge in [0.05, 0.1) is 23.6 Å². The minimum Gasteiger partial charge on any atom is -0.397 e. The first-order valence-corrected chi connectivity index (χ1v) is 10.7. The molecule has 1 fully saturated rings. The Balaban J connectivity index is 1.38. The molecule has 0 radical (unpaired) electrons. The number of nitrogens with zero attached hydrogens (tertiary/aromatic N) is 4. The van der Waals surface area contributed by atoms with E-state index in [0.29, 0.717) is 16.4 Å². The van der Waals surface area contributed by atoms with Gasteiger partial charge in [-0.1, -0.05) is 0 Å². The SMILES string of the molecule is Nc1c(C(=O)Nc2c[n+](N3CCCCC3)no2)sc2nc3c(cc12)CCCC3. The zero-order valence-corrected chi connectivity index (χ0v) is 16.4. The summed E-state index contributed by atoms with van der Waals surface area (Å²) < 4.78 is 5.29. The third-order valence-corrected chi connectivity index (χ3v) is 6.63. The highest BCUT2D eigenvalue weighted by atomic mass is 32.1. The van der Waals surface area contributed by atoms with Crippen molar-refractivity contribution in [1.29, 1.82) is 0 Å². The van der Waals surface area contributed by atoms with Crippen LogP contribution >= 0.6 is 11.3 Å². The van der Waals surface area contributed by atoms with Crippen LogP contribution < -0.4 is 20.9 Å². The Morgan fingerprint density at radius 2 is 2.04 bits per heavy atom. The molecule has 3 aromatic rings. The largest absolute Gasteiger partial charge is 0.397 e. The van der Waals surface area contributed by atoms with Gasteiger partial charge < -0.3 is 5.73 Å². The highest BCUT2D eigenvalue weighted by molar-refractivity contribution is 7.21. The van der Waals surface area contributed by atoms with Crippen molar-refractivity contribution in [2.24, 2.45) is 0 Å². The maximum absolute atomic E-state index is 12.8. The number of pyridine rings is 1. The van der Waals surface area contributed by atoms with E-state index in [1.807, 2.05) is 0 Å². The van der Waals surface area contributed by atoms with E-state index in [0.717, 1.165) is 54.7 Å². The number of carbonyl (C=O) groups is 1. The van der Waals surface area contributed by atoms with E-state index >= 15 is 0 Å². The van der Waals surface area contributed by atoms with Crippen LogP contribution in [-0.2, 0) is 12.8 Å². The van der Waals surface area contributed by atoms with Gasteiger partial charge in [0.1, 0.15) is 9.71 Å². The lowest BCUT2D eigenvalue weighted by Crippen LogP contribution is -2.60. The molecule has 0 aromatic carbocycles. The number of thiophene rings is 1. The van der Waals surface area contributed by atoms with Crippen molar-refractivity contribution in [2.45, 2.75) is 44.9 Å². The summed E-state index contributed by atoms with van der Waals surface area (Å²) in [7, 11) is 0. The number of rotatable bonds is 3. The number of aryl methyl sites for hydroxylation is 2. The number of nitrogen functional groups attached to an aromatic ring is 1. The smallest absolute Gasteiger partial charge is 0.306 e. The van der Waals surface area contributed by atoms with E-state index in [-0.39, 0.29) is 5.91 Å². The second-order valence-electron chi connectivity index (χ2n) is 7.45. The molecule has 4 heterocycles. The molecule has 1 amide bonds. The maximum atomic E-state index is 12.8. The highest BCUT2D eigenvalue weighted by Crippen LogP contribution is 2.35. The average molecular weight is 400 g/mol. The van der Waals surface area contributed by atoms with Gasteiger partial charge >= 0.3 is 5.88 Å². The van der Waals surface area contributed by atoms with Crippen molar-refractivity contribution >= 4 is 39.0 Å². The molecule has 0 atom stereocenters. The molecule has 0 unspecified atom stereocenters. The Kier molecular flexibility index (Phi) is 4.38. The van der Waals surface area contributed by atoms with Crippen LogP contribution in [-0.4, -0.2) is 29.3 Å². The van der Waals surface area contributed by atoms with E-state index in [2.05, 4.69) is 21.7 Å². The molecule has 0 spiro atoms. The summed E-state index contributed by atoms with van der Waals surface area (Å²) in [5.41, 5.74) is 9.19. The Hall–Kier alpha value is -2.68. The average Bonchev–Trinajstić information content (AvgIpc) is 3.32. The summed E-state index contributed by atoms with van der Waals surface area (Å²) in [6, 6.07) is 2.11. The third-order valence-electron chi connectivity index (χ3n) is 5.52. The van der Waals surface area contributed by atoms with Crippen LogP contribution in [0.1, 0.15) is 53.0 Å². The Bertz CT molecular complexity index is 1040.